The van der Waals surface area contributed by atoms with Gasteiger partial charge in [0, 0.05) is 12.1 Å². The molecule has 0 radical (unpaired) electrons. The van der Waals surface area contributed by atoms with Crippen molar-refractivity contribution in [1.82, 2.24) is 5.32 Å². The molecule has 1 aliphatic heterocycles. The zero-order valence-electron chi connectivity index (χ0n) is 13.2. The minimum absolute atomic E-state index is 0.0215. The molecule has 1 saturated heterocycles. The fourth-order valence-electron chi connectivity index (χ4n) is 2.04. The van der Waals surface area contributed by atoms with Gasteiger partial charge in [-0.2, -0.15) is 0 Å². The van der Waals surface area contributed by atoms with E-state index in [4.69, 9.17) is 9.47 Å². The van der Waals surface area contributed by atoms with Gasteiger partial charge in [0.1, 0.15) is 12.2 Å². The zero-order valence-corrected chi connectivity index (χ0v) is 13.2. The summed E-state index contributed by atoms with van der Waals surface area (Å²) in [5, 5.41) is 23.4. The number of amides is 1. The Kier molecular flexibility index (Phi) is 4.58. The monoisotopic (exact) mass is 324 g/mol. The molecule has 0 spiro atoms. The fraction of sp³-hybridized carbons (Fsp3) is 0.533. The second kappa shape index (κ2) is 6.13. The first kappa shape index (κ1) is 17.2. The number of non-ortho nitro benzene ring substituents is 1. The summed E-state index contributed by atoms with van der Waals surface area (Å²) >= 11 is 0. The Hall–Kier alpha value is -2.19. The van der Waals surface area contributed by atoms with Crippen LogP contribution < -0.4 is 5.32 Å². The number of nitrogens with zero attached hydrogens (tertiary/aromatic N) is 1. The van der Waals surface area contributed by atoms with Crippen molar-refractivity contribution in [3.8, 4) is 0 Å². The first-order valence-electron chi connectivity index (χ1n) is 7.18. The molecule has 2 atom stereocenters. The number of nitrogens with one attached hydrogen (secondary N) is 1. The zero-order chi connectivity index (χ0) is 17.3. The highest BCUT2D eigenvalue weighted by Crippen LogP contribution is 2.30. The molecule has 8 nitrogen and oxygen atoms in total. The van der Waals surface area contributed by atoms with E-state index in [0.717, 1.165) is 5.56 Å². The normalized spacial score (nSPS) is 21.4. The van der Waals surface area contributed by atoms with Crippen molar-refractivity contribution in [3.05, 3.63) is 39.9 Å². The molecule has 1 fully saturated rings. The van der Waals surface area contributed by atoms with E-state index in [0.29, 0.717) is 0 Å². The third-order valence-corrected chi connectivity index (χ3v) is 3.26. The van der Waals surface area contributed by atoms with Crippen LogP contribution in [0.3, 0.4) is 0 Å². The van der Waals surface area contributed by atoms with Gasteiger partial charge in [-0.3, -0.25) is 10.1 Å². The minimum atomic E-state index is -1.43. The van der Waals surface area contributed by atoms with Crippen LogP contribution in [-0.2, 0) is 15.9 Å². The maximum atomic E-state index is 11.9. The Morgan fingerprint density at radius 2 is 2.04 bits per heavy atom. The van der Waals surface area contributed by atoms with Crippen molar-refractivity contribution in [3.63, 3.8) is 0 Å². The average molecular weight is 324 g/mol. The molecular formula is C15H20N2O6. The number of aliphatic hydroxyl groups is 1. The summed E-state index contributed by atoms with van der Waals surface area (Å²) < 4.78 is 10.2. The van der Waals surface area contributed by atoms with Crippen LogP contribution >= 0.6 is 0 Å². The molecule has 0 aliphatic carbocycles. The van der Waals surface area contributed by atoms with Crippen molar-refractivity contribution in [2.75, 3.05) is 6.61 Å². The van der Waals surface area contributed by atoms with Crippen molar-refractivity contribution >= 4 is 11.8 Å². The van der Waals surface area contributed by atoms with Crippen molar-refractivity contribution in [1.29, 1.82) is 0 Å². The second-order valence-corrected chi connectivity index (χ2v) is 6.46. The lowest BCUT2D eigenvalue weighted by atomic mass is 10.0. The number of hydrogen-bond donors (Lipinski definition) is 2. The predicted octanol–water partition coefficient (Wildman–Crippen LogP) is 1.75. The predicted molar refractivity (Wildman–Crippen MR) is 80.9 cm³/mol. The molecule has 0 bridgehead atoms. The van der Waals surface area contributed by atoms with Gasteiger partial charge in [-0.05, 0) is 32.8 Å². The first-order chi connectivity index (χ1) is 10.6. The van der Waals surface area contributed by atoms with Crippen LogP contribution in [0.1, 0.15) is 26.3 Å². The van der Waals surface area contributed by atoms with Gasteiger partial charge < -0.3 is 19.9 Å². The number of nitro benzene ring substituents is 1. The number of carbonyl (C=O) groups excluding carboxylic acids is 1. The first-order valence-corrected chi connectivity index (χ1v) is 7.18. The third kappa shape index (κ3) is 4.90. The maximum absolute atomic E-state index is 11.9. The van der Waals surface area contributed by atoms with Crippen LogP contribution in [-0.4, -0.2) is 40.2 Å². The Balaban J connectivity index is 2.05. The molecular weight excluding hydrogens is 304 g/mol. The Morgan fingerprint density at radius 3 is 2.48 bits per heavy atom. The fourth-order valence-corrected chi connectivity index (χ4v) is 2.04. The van der Waals surface area contributed by atoms with Gasteiger partial charge in [0.2, 0.25) is 5.79 Å². The largest absolute Gasteiger partial charge is 0.444 e. The molecule has 2 rings (SSSR count). The quantitative estimate of drug-likeness (QED) is 0.484. The van der Waals surface area contributed by atoms with Crippen LogP contribution in [0.15, 0.2) is 24.3 Å². The smallest absolute Gasteiger partial charge is 0.408 e. The number of benzene rings is 1. The summed E-state index contributed by atoms with van der Waals surface area (Å²) in [6.07, 6.45) is -0.401. The summed E-state index contributed by atoms with van der Waals surface area (Å²) in [6, 6.07) is 5.19. The van der Waals surface area contributed by atoms with Crippen LogP contribution in [0, 0.1) is 10.1 Å². The maximum Gasteiger partial charge on any atom is 0.408 e. The summed E-state index contributed by atoms with van der Waals surface area (Å²) in [6.45, 7) is 5.32. The highest BCUT2D eigenvalue weighted by Gasteiger charge is 2.51. The van der Waals surface area contributed by atoms with Crippen LogP contribution in [0.4, 0.5) is 10.5 Å². The lowest BCUT2D eigenvalue weighted by molar-refractivity contribution is -0.384. The van der Waals surface area contributed by atoms with E-state index < -0.39 is 28.4 Å². The van der Waals surface area contributed by atoms with Gasteiger partial charge in [-0.1, -0.05) is 12.1 Å². The van der Waals surface area contributed by atoms with Crippen LogP contribution in [0.5, 0.6) is 0 Å². The van der Waals surface area contributed by atoms with Crippen molar-refractivity contribution in [2.24, 2.45) is 0 Å². The highest BCUT2D eigenvalue weighted by molar-refractivity contribution is 5.68. The van der Waals surface area contributed by atoms with Gasteiger partial charge in [-0.15, -0.1) is 0 Å². The van der Waals surface area contributed by atoms with E-state index in [-0.39, 0.29) is 18.7 Å². The third-order valence-electron chi connectivity index (χ3n) is 3.26. The van der Waals surface area contributed by atoms with Crippen LogP contribution in [0.25, 0.3) is 0 Å². The number of hydrogen-bond acceptors (Lipinski definition) is 6. The topological polar surface area (TPSA) is 114 Å². The van der Waals surface area contributed by atoms with E-state index in [1.54, 1.807) is 32.9 Å². The van der Waals surface area contributed by atoms with Crippen molar-refractivity contribution in [2.45, 2.75) is 44.6 Å². The van der Waals surface area contributed by atoms with E-state index in [9.17, 15) is 20.0 Å². The molecule has 1 heterocycles. The number of ether oxygens (including phenoxy) is 2. The van der Waals surface area contributed by atoms with E-state index >= 15 is 0 Å². The molecule has 1 amide bonds. The van der Waals surface area contributed by atoms with Gasteiger partial charge >= 0.3 is 6.09 Å². The van der Waals surface area contributed by atoms with Crippen molar-refractivity contribution < 1.29 is 24.3 Å². The molecule has 2 unspecified atom stereocenters. The van der Waals surface area contributed by atoms with Gasteiger partial charge in [-0.25, -0.2) is 4.79 Å². The Bertz CT molecular complexity index is 589. The standard InChI is InChI=1S/C15H20N2O6/c1-14(2,3)23-13(18)16-12(15(19)9-22-15)8-10-4-6-11(7-5-10)17(20)21/h4-7,12,19H,8-9H2,1-3H3,(H,16,18). The lowest BCUT2D eigenvalue weighted by Crippen LogP contribution is -2.48. The summed E-state index contributed by atoms with van der Waals surface area (Å²) in [5.74, 6) is -1.43. The Morgan fingerprint density at radius 1 is 1.48 bits per heavy atom. The van der Waals surface area contributed by atoms with Crippen LogP contribution in [0.2, 0.25) is 0 Å². The number of epoxide rings is 1. The second-order valence-electron chi connectivity index (χ2n) is 6.46. The number of nitro groups is 1. The molecule has 0 aromatic heterocycles. The van der Waals surface area contributed by atoms with Gasteiger partial charge in [0.15, 0.2) is 0 Å². The molecule has 8 heteroatoms. The molecule has 1 aliphatic rings. The van der Waals surface area contributed by atoms with E-state index in [1.165, 1.54) is 12.1 Å². The summed E-state index contributed by atoms with van der Waals surface area (Å²) in [5.41, 5.74) is 0.0435. The number of carbonyl (C=O) groups is 1. The lowest BCUT2D eigenvalue weighted by Gasteiger charge is -2.25. The molecule has 1 aromatic carbocycles. The average Bonchev–Trinajstić information content (AvgIpc) is 3.16. The minimum Gasteiger partial charge on any atom is -0.444 e. The van der Waals surface area contributed by atoms with E-state index in [1.807, 2.05) is 0 Å². The highest BCUT2D eigenvalue weighted by atomic mass is 16.7. The molecule has 0 saturated carbocycles. The number of rotatable bonds is 5. The molecule has 126 valence electrons. The molecule has 23 heavy (non-hydrogen) atoms. The van der Waals surface area contributed by atoms with Gasteiger partial charge in [0.05, 0.1) is 11.0 Å². The van der Waals surface area contributed by atoms with Gasteiger partial charge in [0.25, 0.3) is 5.69 Å². The number of alkyl carbamates (subject to hydrolysis) is 1. The summed E-state index contributed by atoms with van der Waals surface area (Å²) in [7, 11) is 0. The molecule has 1 aromatic rings. The summed E-state index contributed by atoms with van der Waals surface area (Å²) in [4.78, 5) is 22.1. The van der Waals surface area contributed by atoms with E-state index in [2.05, 4.69) is 5.32 Å². The molecule has 2 N–H and O–H groups in total. The SMILES string of the molecule is CC(C)(C)OC(=O)NC(Cc1ccc([N+](=O)[O-])cc1)C1(O)CO1. The Labute approximate surface area is 133 Å².